The highest BCUT2D eigenvalue weighted by Crippen LogP contribution is 2.19. The Labute approximate surface area is 124 Å². The summed E-state index contributed by atoms with van der Waals surface area (Å²) in [5.74, 6) is -0.563. The molecule has 1 aromatic carbocycles. The van der Waals surface area contributed by atoms with Crippen molar-refractivity contribution < 1.29 is 13.9 Å². The molecular formula is C15H22FN3O2. The molecule has 0 aliphatic carbocycles. The first-order valence-corrected chi connectivity index (χ1v) is 7.27. The van der Waals surface area contributed by atoms with Crippen LogP contribution in [0.2, 0.25) is 0 Å². The van der Waals surface area contributed by atoms with E-state index >= 15 is 0 Å². The zero-order valence-electron chi connectivity index (χ0n) is 12.3. The summed E-state index contributed by atoms with van der Waals surface area (Å²) in [5, 5.41) is 2.72. The van der Waals surface area contributed by atoms with E-state index < -0.39 is 5.82 Å². The number of nitrogens with two attached hydrogens (primary N) is 1. The van der Waals surface area contributed by atoms with Crippen molar-refractivity contribution in [3.05, 3.63) is 24.0 Å². The minimum atomic E-state index is -0.416. The maximum absolute atomic E-state index is 13.0. The molecule has 6 heteroatoms. The Bertz CT molecular complexity index is 494. The molecule has 3 N–H and O–H groups in total. The van der Waals surface area contributed by atoms with Crippen molar-refractivity contribution in [2.75, 3.05) is 37.3 Å². The standard InChI is InChI=1S/C15H22FN3O2/c1-2-21-12-4-3-7-19(9-12)10-15(20)18-14-6-5-11(16)8-13(14)17/h5-6,8,12H,2-4,7,9-10,17H2,1H3,(H,18,20). The van der Waals surface area contributed by atoms with Gasteiger partial charge >= 0.3 is 0 Å². The summed E-state index contributed by atoms with van der Waals surface area (Å²) in [7, 11) is 0. The van der Waals surface area contributed by atoms with Crippen molar-refractivity contribution in [3.63, 3.8) is 0 Å². The quantitative estimate of drug-likeness (QED) is 0.814. The first-order valence-electron chi connectivity index (χ1n) is 7.27. The van der Waals surface area contributed by atoms with Gasteiger partial charge < -0.3 is 15.8 Å². The summed E-state index contributed by atoms with van der Waals surface area (Å²) in [6.07, 6.45) is 2.26. The van der Waals surface area contributed by atoms with Crippen LogP contribution in [0.15, 0.2) is 18.2 Å². The second-order valence-corrected chi connectivity index (χ2v) is 5.23. The molecule has 0 aromatic heterocycles. The number of carbonyl (C=O) groups is 1. The minimum absolute atomic E-state index is 0.148. The Morgan fingerprint density at radius 3 is 3.10 bits per heavy atom. The number of anilines is 2. The molecule has 2 rings (SSSR count). The fraction of sp³-hybridized carbons (Fsp3) is 0.533. The number of nitrogen functional groups attached to an aromatic ring is 1. The Morgan fingerprint density at radius 2 is 2.38 bits per heavy atom. The second-order valence-electron chi connectivity index (χ2n) is 5.23. The van der Waals surface area contributed by atoms with Crippen LogP contribution in [-0.2, 0) is 9.53 Å². The molecule has 1 aliphatic heterocycles. The van der Waals surface area contributed by atoms with Gasteiger partial charge in [-0.1, -0.05) is 0 Å². The summed E-state index contributed by atoms with van der Waals surface area (Å²) in [6, 6.07) is 3.95. The number of hydrogen-bond donors (Lipinski definition) is 2. The largest absolute Gasteiger partial charge is 0.397 e. The van der Waals surface area contributed by atoms with Crippen molar-refractivity contribution in [2.24, 2.45) is 0 Å². The molecule has 0 radical (unpaired) electrons. The average Bonchev–Trinajstić information content (AvgIpc) is 2.43. The molecule has 1 saturated heterocycles. The summed E-state index contributed by atoms with van der Waals surface area (Å²) >= 11 is 0. The Kier molecular flexibility index (Phi) is 5.52. The predicted molar refractivity (Wildman–Crippen MR) is 80.5 cm³/mol. The van der Waals surface area contributed by atoms with Gasteiger partial charge in [-0.05, 0) is 44.5 Å². The van der Waals surface area contributed by atoms with E-state index in [1.807, 2.05) is 6.92 Å². The van der Waals surface area contributed by atoms with Gasteiger partial charge in [0.15, 0.2) is 0 Å². The summed E-state index contributed by atoms with van der Waals surface area (Å²) in [4.78, 5) is 14.1. The number of nitrogens with zero attached hydrogens (tertiary/aromatic N) is 1. The molecule has 21 heavy (non-hydrogen) atoms. The number of rotatable bonds is 5. The van der Waals surface area contributed by atoms with Gasteiger partial charge in [-0.2, -0.15) is 0 Å². The zero-order valence-corrected chi connectivity index (χ0v) is 12.3. The van der Waals surface area contributed by atoms with Gasteiger partial charge in [-0.3, -0.25) is 9.69 Å². The first-order chi connectivity index (χ1) is 10.1. The SMILES string of the molecule is CCOC1CCCN(CC(=O)Nc2ccc(F)cc2N)C1. The van der Waals surface area contributed by atoms with Gasteiger partial charge in [0.05, 0.1) is 24.0 Å². The number of carbonyl (C=O) groups excluding carboxylic acids is 1. The lowest BCUT2D eigenvalue weighted by Gasteiger charge is -2.31. The molecule has 1 amide bonds. The van der Waals surface area contributed by atoms with Gasteiger partial charge in [0.1, 0.15) is 5.82 Å². The van der Waals surface area contributed by atoms with E-state index in [-0.39, 0.29) is 17.7 Å². The van der Waals surface area contributed by atoms with Gasteiger partial charge in [0.25, 0.3) is 0 Å². The van der Waals surface area contributed by atoms with E-state index in [0.29, 0.717) is 18.8 Å². The second kappa shape index (κ2) is 7.38. The number of amides is 1. The Morgan fingerprint density at radius 1 is 1.57 bits per heavy atom. The maximum Gasteiger partial charge on any atom is 0.238 e. The van der Waals surface area contributed by atoms with Crippen LogP contribution in [0.3, 0.4) is 0 Å². The highest BCUT2D eigenvalue weighted by molar-refractivity contribution is 5.95. The molecule has 116 valence electrons. The van der Waals surface area contributed by atoms with Crippen molar-refractivity contribution in [1.82, 2.24) is 4.90 Å². The van der Waals surface area contributed by atoms with Crippen LogP contribution < -0.4 is 11.1 Å². The fourth-order valence-electron chi connectivity index (χ4n) is 2.57. The molecule has 1 fully saturated rings. The predicted octanol–water partition coefficient (Wildman–Crippen LogP) is 1.85. The molecule has 5 nitrogen and oxygen atoms in total. The summed E-state index contributed by atoms with van der Waals surface area (Å²) in [6.45, 7) is 4.61. The van der Waals surface area contributed by atoms with Crippen molar-refractivity contribution >= 4 is 17.3 Å². The van der Waals surface area contributed by atoms with E-state index in [1.54, 1.807) is 0 Å². The molecule has 0 bridgehead atoms. The first kappa shape index (κ1) is 15.7. The fourth-order valence-corrected chi connectivity index (χ4v) is 2.57. The lowest BCUT2D eigenvalue weighted by atomic mass is 10.1. The lowest BCUT2D eigenvalue weighted by Crippen LogP contribution is -2.43. The van der Waals surface area contributed by atoms with Crippen LogP contribution in [0.25, 0.3) is 0 Å². The smallest absolute Gasteiger partial charge is 0.238 e. The van der Waals surface area contributed by atoms with Crippen LogP contribution >= 0.6 is 0 Å². The topological polar surface area (TPSA) is 67.6 Å². The molecule has 0 saturated carbocycles. The number of benzene rings is 1. The molecule has 1 aliphatic rings. The van der Waals surface area contributed by atoms with Gasteiger partial charge in [0, 0.05) is 13.2 Å². The highest BCUT2D eigenvalue weighted by Gasteiger charge is 2.21. The van der Waals surface area contributed by atoms with Crippen LogP contribution in [-0.4, -0.2) is 43.2 Å². The van der Waals surface area contributed by atoms with E-state index in [2.05, 4.69) is 10.2 Å². The highest BCUT2D eigenvalue weighted by atomic mass is 19.1. The lowest BCUT2D eigenvalue weighted by molar-refractivity contribution is -0.118. The number of nitrogens with one attached hydrogen (secondary N) is 1. The molecule has 1 unspecified atom stereocenters. The molecule has 1 aromatic rings. The number of hydrogen-bond acceptors (Lipinski definition) is 4. The number of ether oxygens (including phenoxy) is 1. The molecular weight excluding hydrogens is 273 g/mol. The van der Waals surface area contributed by atoms with Gasteiger partial charge in [-0.25, -0.2) is 4.39 Å². The minimum Gasteiger partial charge on any atom is -0.397 e. The zero-order chi connectivity index (χ0) is 15.2. The number of likely N-dealkylation sites (tertiary alicyclic amines) is 1. The van der Waals surface area contributed by atoms with E-state index in [0.717, 1.165) is 25.9 Å². The average molecular weight is 295 g/mol. The van der Waals surface area contributed by atoms with Crippen molar-refractivity contribution in [2.45, 2.75) is 25.9 Å². The van der Waals surface area contributed by atoms with E-state index in [9.17, 15) is 9.18 Å². The Hall–Kier alpha value is -1.66. The third-order valence-corrected chi connectivity index (χ3v) is 3.52. The molecule has 1 atom stereocenters. The maximum atomic E-state index is 13.0. The normalized spacial score (nSPS) is 19.4. The van der Waals surface area contributed by atoms with Crippen LogP contribution in [0, 0.1) is 5.82 Å². The molecule has 0 spiro atoms. The van der Waals surface area contributed by atoms with Gasteiger partial charge in [-0.15, -0.1) is 0 Å². The van der Waals surface area contributed by atoms with E-state index in [1.165, 1.54) is 18.2 Å². The van der Waals surface area contributed by atoms with E-state index in [4.69, 9.17) is 10.5 Å². The number of halogens is 1. The number of piperidine rings is 1. The van der Waals surface area contributed by atoms with Crippen molar-refractivity contribution in [3.8, 4) is 0 Å². The van der Waals surface area contributed by atoms with Crippen LogP contribution in [0.5, 0.6) is 0 Å². The van der Waals surface area contributed by atoms with Crippen molar-refractivity contribution in [1.29, 1.82) is 0 Å². The van der Waals surface area contributed by atoms with Gasteiger partial charge in [0.2, 0.25) is 5.91 Å². The monoisotopic (exact) mass is 295 g/mol. The third kappa shape index (κ3) is 4.68. The van der Waals surface area contributed by atoms with Crippen LogP contribution in [0.1, 0.15) is 19.8 Å². The third-order valence-electron chi connectivity index (χ3n) is 3.52. The summed E-state index contributed by atoms with van der Waals surface area (Å²) in [5.41, 5.74) is 6.35. The summed E-state index contributed by atoms with van der Waals surface area (Å²) < 4.78 is 18.6. The van der Waals surface area contributed by atoms with Crippen LogP contribution in [0.4, 0.5) is 15.8 Å². The molecule has 1 heterocycles. The Balaban J connectivity index is 1.86.